The van der Waals surface area contributed by atoms with Crippen molar-refractivity contribution in [3.8, 4) is 0 Å². The molecule has 1 aromatic heterocycles. The molecule has 0 unspecified atom stereocenters. The van der Waals surface area contributed by atoms with Crippen LogP contribution < -0.4 is 10.6 Å². The number of fused-ring (bicyclic) bond motifs is 1. The number of carbonyl (C=O) groups excluding carboxylic acids is 1. The molecule has 28 heavy (non-hydrogen) atoms. The van der Waals surface area contributed by atoms with Gasteiger partial charge in [0.25, 0.3) is 5.95 Å². The summed E-state index contributed by atoms with van der Waals surface area (Å²) in [6.45, 7) is 3.85. The molecule has 2 aromatic carbocycles. The van der Waals surface area contributed by atoms with Gasteiger partial charge in [0.2, 0.25) is 11.9 Å². The first-order valence-corrected chi connectivity index (χ1v) is 9.49. The first-order valence-electron chi connectivity index (χ1n) is 9.11. The van der Waals surface area contributed by atoms with E-state index in [0.29, 0.717) is 17.4 Å². The van der Waals surface area contributed by atoms with Gasteiger partial charge in [-0.2, -0.15) is 4.98 Å². The van der Waals surface area contributed by atoms with Crippen molar-refractivity contribution >= 4 is 35.1 Å². The van der Waals surface area contributed by atoms with Crippen LogP contribution in [0.25, 0.3) is 5.70 Å². The number of hydrogen-bond donors (Lipinski definition) is 2. The Hall–Kier alpha value is -3.12. The summed E-state index contributed by atoms with van der Waals surface area (Å²) in [4.78, 5) is 16.2. The van der Waals surface area contributed by atoms with Gasteiger partial charge < -0.3 is 5.32 Å². The van der Waals surface area contributed by atoms with Gasteiger partial charge in [-0.25, -0.2) is 4.68 Å². The average molecular weight is 394 g/mol. The minimum Gasteiger partial charge on any atom is -0.324 e. The largest absolute Gasteiger partial charge is 0.324 e. The van der Waals surface area contributed by atoms with E-state index < -0.39 is 0 Å². The molecule has 0 bridgehead atoms. The van der Waals surface area contributed by atoms with Crippen molar-refractivity contribution in [1.29, 1.82) is 0 Å². The fraction of sp³-hybridized carbons (Fsp3) is 0.190. The fourth-order valence-electron chi connectivity index (χ4n) is 3.06. The first-order chi connectivity index (χ1) is 13.5. The number of allylic oxidation sites excluding steroid dienone is 1. The predicted molar refractivity (Wildman–Crippen MR) is 111 cm³/mol. The summed E-state index contributed by atoms with van der Waals surface area (Å²) in [5.41, 5.74) is 4.18. The Morgan fingerprint density at radius 3 is 2.57 bits per heavy atom. The Morgan fingerprint density at radius 1 is 1.18 bits per heavy atom. The summed E-state index contributed by atoms with van der Waals surface area (Å²) in [7, 11) is 0. The summed E-state index contributed by atoms with van der Waals surface area (Å²) >= 11 is 6.03. The molecule has 2 N–H and O–H groups in total. The molecule has 1 atom stereocenters. The molecule has 2 heterocycles. The van der Waals surface area contributed by atoms with E-state index in [2.05, 4.69) is 58.0 Å². The molecule has 142 valence electrons. The molecule has 3 aromatic rings. The maximum atomic E-state index is 11.8. The number of nitrogens with one attached hydrogen (secondary N) is 2. The van der Waals surface area contributed by atoms with E-state index >= 15 is 0 Å². The number of benzene rings is 2. The quantitative estimate of drug-likeness (QED) is 0.677. The van der Waals surface area contributed by atoms with Crippen LogP contribution in [-0.4, -0.2) is 20.7 Å². The lowest BCUT2D eigenvalue weighted by molar-refractivity contribution is -0.115. The van der Waals surface area contributed by atoms with Gasteiger partial charge in [0.05, 0.1) is 0 Å². The lowest BCUT2D eigenvalue weighted by Gasteiger charge is -2.24. The number of anilines is 2. The van der Waals surface area contributed by atoms with E-state index in [1.54, 1.807) is 11.6 Å². The van der Waals surface area contributed by atoms with Gasteiger partial charge in [-0.3, -0.25) is 10.1 Å². The molecule has 6 nitrogen and oxygen atoms in total. The van der Waals surface area contributed by atoms with Gasteiger partial charge in [0.1, 0.15) is 6.04 Å². The SMILES string of the molecule is CCC(=O)Nc1nc2n(n1)[C@H](c1ccc(C)cc1)C=C(c1ccc(Cl)cc1)N2. The number of halogens is 1. The highest BCUT2D eigenvalue weighted by atomic mass is 35.5. The van der Waals surface area contributed by atoms with Crippen molar-refractivity contribution in [2.75, 3.05) is 10.6 Å². The first kappa shape index (κ1) is 18.3. The predicted octanol–water partition coefficient (Wildman–Crippen LogP) is 4.64. The maximum Gasteiger partial charge on any atom is 0.250 e. The monoisotopic (exact) mass is 393 g/mol. The fourth-order valence-corrected chi connectivity index (χ4v) is 3.18. The molecular formula is C21H20ClN5O. The van der Waals surface area contributed by atoms with E-state index in [0.717, 1.165) is 16.8 Å². The lowest BCUT2D eigenvalue weighted by Crippen LogP contribution is -2.20. The van der Waals surface area contributed by atoms with Gasteiger partial charge in [0, 0.05) is 17.1 Å². The summed E-state index contributed by atoms with van der Waals surface area (Å²) in [5.74, 6) is 0.738. The maximum absolute atomic E-state index is 11.8. The van der Waals surface area contributed by atoms with Crippen LogP contribution in [0, 0.1) is 6.92 Å². The van der Waals surface area contributed by atoms with Gasteiger partial charge in [-0.1, -0.05) is 60.5 Å². The highest BCUT2D eigenvalue weighted by molar-refractivity contribution is 6.30. The van der Waals surface area contributed by atoms with Gasteiger partial charge in [0.15, 0.2) is 0 Å². The number of nitrogens with zero attached hydrogens (tertiary/aromatic N) is 3. The Bertz CT molecular complexity index is 1040. The Labute approximate surface area is 168 Å². The Morgan fingerprint density at radius 2 is 1.89 bits per heavy atom. The number of aromatic nitrogens is 3. The van der Waals surface area contributed by atoms with Gasteiger partial charge in [-0.05, 0) is 36.3 Å². The molecule has 1 aliphatic heterocycles. The second-order valence-corrected chi connectivity index (χ2v) is 7.11. The molecule has 0 aliphatic carbocycles. The Balaban J connectivity index is 1.77. The van der Waals surface area contributed by atoms with Crippen molar-refractivity contribution in [2.24, 2.45) is 0 Å². The van der Waals surface area contributed by atoms with Crippen molar-refractivity contribution in [3.63, 3.8) is 0 Å². The summed E-state index contributed by atoms with van der Waals surface area (Å²) in [6, 6.07) is 15.8. The number of hydrogen-bond acceptors (Lipinski definition) is 4. The second-order valence-electron chi connectivity index (χ2n) is 6.67. The summed E-state index contributed by atoms with van der Waals surface area (Å²) in [5, 5.41) is 11.2. The normalized spacial score (nSPS) is 15.4. The zero-order chi connectivity index (χ0) is 19.7. The molecule has 0 saturated heterocycles. The number of aryl methyl sites for hydroxylation is 1. The van der Waals surface area contributed by atoms with Crippen LogP contribution in [0.15, 0.2) is 54.6 Å². The zero-order valence-corrected chi connectivity index (χ0v) is 16.4. The number of carbonyl (C=O) groups is 1. The minimum atomic E-state index is -0.151. The summed E-state index contributed by atoms with van der Waals surface area (Å²) < 4.78 is 1.79. The van der Waals surface area contributed by atoms with Crippen LogP contribution in [0.1, 0.15) is 36.1 Å². The average Bonchev–Trinajstić information content (AvgIpc) is 3.10. The van der Waals surface area contributed by atoms with Crippen molar-refractivity contribution in [1.82, 2.24) is 14.8 Å². The smallest absolute Gasteiger partial charge is 0.250 e. The van der Waals surface area contributed by atoms with Crippen molar-refractivity contribution < 1.29 is 4.79 Å². The van der Waals surface area contributed by atoms with Crippen LogP contribution >= 0.6 is 11.6 Å². The highest BCUT2D eigenvalue weighted by Gasteiger charge is 2.25. The van der Waals surface area contributed by atoms with Crippen molar-refractivity contribution in [2.45, 2.75) is 26.3 Å². The molecule has 0 fully saturated rings. The molecule has 1 amide bonds. The van der Waals surface area contributed by atoms with Crippen LogP contribution in [0.3, 0.4) is 0 Å². The molecule has 0 spiro atoms. The standard InChI is InChI=1S/C21H20ClN5O/c1-3-19(28)24-20-25-21-23-17(14-8-10-16(22)11-9-14)12-18(27(21)26-20)15-6-4-13(2)5-7-15/h4-12,18H,3H2,1-2H3,(H2,23,24,25,26,28)/t18-/m0/s1. The van der Waals surface area contributed by atoms with Crippen LogP contribution in [0.4, 0.5) is 11.9 Å². The van der Waals surface area contributed by atoms with E-state index in [1.165, 1.54) is 5.56 Å². The topological polar surface area (TPSA) is 71.8 Å². The Kier molecular flexibility index (Phi) is 4.88. The molecule has 1 aliphatic rings. The molecule has 4 rings (SSSR count). The zero-order valence-electron chi connectivity index (χ0n) is 15.6. The molecule has 0 saturated carbocycles. The van der Waals surface area contributed by atoms with Gasteiger partial charge in [-0.15, -0.1) is 5.10 Å². The third-order valence-corrected chi connectivity index (χ3v) is 4.86. The third kappa shape index (κ3) is 3.64. The van der Waals surface area contributed by atoms with E-state index in [-0.39, 0.29) is 17.9 Å². The van der Waals surface area contributed by atoms with Crippen LogP contribution in [-0.2, 0) is 4.79 Å². The minimum absolute atomic E-state index is 0.124. The highest BCUT2D eigenvalue weighted by Crippen LogP contribution is 2.33. The summed E-state index contributed by atoms with van der Waals surface area (Å²) in [6.07, 6.45) is 2.47. The van der Waals surface area contributed by atoms with Crippen LogP contribution in [0.5, 0.6) is 0 Å². The van der Waals surface area contributed by atoms with E-state index in [9.17, 15) is 4.79 Å². The van der Waals surface area contributed by atoms with Crippen molar-refractivity contribution in [3.05, 3.63) is 76.3 Å². The molecule has 7 heteroatoms. The van der Waals surface area contributed by atoms with E-state index in [4.69, 9.17) is 11.6 Å². The molecule has 0 radical (unpaired) electrons. The number of amides is 1. The molecular weight excluding hydrogens is 374 g/mol. The van der Waals surface area contributed by atoms with Crippen LogP contribution in [0.2, 0.25) is 5.02 Å². The van der Waals surface area contributed by atoms with E-state index in [1.807, 2.05) is 24.3 Å². The number of rotatable bonds is 4. The lowest BCUT2D eigenvalue weighted by atomic mass is 10.0. The van der Waals surface area contributed by atoms with Gasteiger partial charge >= 0.3 is 0 Å². The third-order valence-electron chi connectivity index (χ3n) is 4.61. The second kappa shape index (κ2) is 7.48.